The third-order valence-electron chi connectivity index (χ3n) is 4.61. The van der Waals surface area contributed by atoms with Gasteiger partial charge in [0.1, 0.15) is 0 Å². The van der Waals surface area contributed by atoms with Crippen LogP contribution in [0.1, 0.15) is 11.6 Å². The Balaban J connectivity index is 1.83. The zero-order valence-electron chi connectivity index (χ0n) is 10.9. The van der Waals surface area contributed by atoms with Crippen molar-refractivity contribution in [1.82, 2.24) is 14.5 Å². The third kappa shape index (κ3) is 1.50. The van der Waals surface area contributed by atoms with Gasteiger partial charge in [0, 0.05) is 30.7 Å². The molecule has 2 fully saturated rings. The number of nitrogens with zero attached hydrogens (tertiary/aromatic N) is 3. The molecule has 100 valence electrons. The van der Waals surface area contributed by atoms with E-state index in [9.17, 15) is 4.39 Å². The first-order valence-corrected chi connectivity index (χ1v) is 6.95. The number of aromatic nitrogens is 2. The maximum Gasteiger partial charge on any atom is 0.170 e. The monoisotopic (exact) mass is 279 g/mol. The number of pyridine rings is 1. The van der Waals surface area contributed by atoms with Crippen molar-refractivity contribution in [2.45, 2.75) is 13.0 Å². The van der Waals surface area contributed by atoms with Gasteiger partial charge in [-0.05, 0) is 31.4 Å². The van der Waals surface area contributed by atoms with Gasteiger partial charge in [0.2, 0.25) is 0 Å². The predicted octanol–water partition coefficient (Wildman–Crippen LogP) is 2.87. The highest BCUT2D eigenvalue weighted by molar-refractivity contribution is 6.30. The number of hydrogen-bond donors (Lipinski definition) is 0. The zero-order valence-corrected chi connectivity index (χ0v) is 11.7. The SMILES string of the molecule is Cc1cn(C2C3CN(C)CC32)c2cnc(Cl)c(F)c12. The fourth-order valence-electron chi connectivity index (χ4n) is 3.73. The normalized spacial score (nSPS) is 30.0. The van der Waals surface area contributed by atoms with E-state index < -0.39 is 5.82 Å². The Labute approximate surface area is 116 Å². The summed E-state index contributed by atoms with van der Waals surface area (Å²) < 4.78 is 16.3. The number of rotatable bonds is 1. The van der Waals surface area contributed by atoms with E-state index in [0.717, 1.165) is 24.2 Å². The molecule has 0 radical (unpaired) electrons. The summed E-state index contributed by atoms with van der Waals surface area (Å²) >= 11 is 5.78. The van der Waals surface area contributed by atoms with Crippen LogP contribution in [0.25, 0.3) is 10.9 Å². The van der Waals surface area contributed by atoms with Gasteiger partial charge in [-0.1, -0.05) is 11.6 Å². The largest absolute Gasteiger partial charge is 0.342 e. The summed E-state index contributed by atoms with van der Waals surface area (Å²) in [5.41, 5.74) is 1.82. The summed E-state index contributed by atoms with van der Waals surface area (Å²) in [6, 6.07) is 0.509. The van der Waals surface area contributed by atoms with Crippen molar-refractivity contribution in [3.8, 4) is 0 Å². The Morgan fingerprint density at radius 1 is 1.37 bits per heavy atom. The van der Waals surface area contributed by atoms with Crippen LogP contribution in [0.4, 0.5) is 4.39 Å². The van der Waals surface area contributed by atoms with Crippen LogP contribution in [0.15, 0.2) is 12.4 Å². The second kappa shape index (κ2) is 3.70. The Kier molecular flexibility index (Phi) is 2.28. The second-order valence-electron chi connectivity index (χ2n) is 5.88. The maximum absolute atomic E-state index is 14.1. The first-order chi connectivity index (χ1) is 9.08. The van der Waals surface area contributed by atoms with Gasteiger partial charge in [-0.3, -0.25) is 0 Å². The molecule has 2 aliphatic rings. The van der Waals surface area contributed by atoms with Crippen LogP contribution in [0, 0.1) is 24.6 Å². The number of aryl methyl sites for hydroxylation is 1. The lowest BCUT2D eigenvalue weighted by atomic mass is 10.2. The van der Waals surface area contributed by atoms with E-state index in [2.05, 4.69) is 27.7 Å². The fourth-order valence-corrected chi connectivity index (χ4v) is 3.88. The molecule has 0 aromatic carbocycles. The molecule has 1 saturated carbocycles. The molecular weight excluding hydrogens is 265 g/mol. The van der Waals surface area contributed by atoms with E-state index in [0.29, 0.717) is 23.3 Å². The van der Waals surface area contributed by atoms with Crippen molar-refractivity contribution in [1.29, 1.82) is 0 Å². The molecule has 0 bridgehead atoms. The molecule has 3 heterocycles. The van der Waals surface area contributed by atoms with Gasteiger partial charge in [-0.25, -0.2) is 9.37 Å². The third-order valence-corrected chi connectivity index (χ3v) is 4.88. The van der Waals surface area contributed by atoms with E-state index >= 15 is 0 Å². The molecule has 1 aliphatic carbocycles. The van der Waals surface area contributed by atoms with Gasteiger partial charge in [-0.2, -0.15) is 0 Å². The molecule has 0 amide bonds. The number of halogens is 2. The summed E-state index contributed by atoms with van der Waals surface area (Å²) in [6.07, 6.45) is 3.75. The van der Waals surface area contributed by atoms with Crippen LogP contribution in [-0.2, 0) is 0 Å². The summed E-state index contributed by atoms with van der Waals surface area (Å²) in [7, 11) is 2.16. The van der Waals surface area contributed by atoms with Crippen molar-refractivity contribution < 1.29 is 4.39 Å². The first kappa shape index (κ1) is 11.7. The van der Waals surface area contributed by atoms with Crippen molar-refractivity contribution in [2.75, 3.05) is 20.1 Å². The minimum Gasteiger partial charge on any atom is -0.342 e. The van der Waals surface area contributed by atoms with E-state index in [-0.39, 0.29) is 5.15 Å². The highest BCUT2D eigenvalue weighted by atomic mass is 35.5. The Morgan fingerprint density at radius 3 is 2.74 bits per heavy atom. The Hall–Kier alpha value is -1.13. The molecule has 1 saturated heterocycles. The minimum absolute atomic E-state index is 0.0379. The average molecular weight is 280 g/mol. The predicted molar refractivity (Wildman–Crippen MR) is 73.0 cm³/mol. The number of piperidine rings is 1. The number of likely N-dealkylation sites (tertiary alicyclic amines) is 1. The van der Waals surface area contributed by atoms with Crippen LogP contribution < -0.4 is 0 Å². The van der Waals surface area contributed by atoms with Crippen LogP contribution in [0.2, 0.25) is 5.15 Å². The topological polar surface area (TPSA) is 21.1 Å². The van der Waals surface area contributed by atoms with E-state index in [1.54, 1.807) is 6.20 Å². The quantitative estimate of drug-likeness (QED) is 0.749. The first-order valence-electron chi connectivity index (χ1n) is 6.57. The van der Waals surface area contributed by atoms with Crippen molar-refractivity contribution in [2.24, 2.45) is 11.8 Å². The lowest BCUT2D eigenvalue weighted by Gasteiger charge is -2.14. The summed E-state index contributed by atoms with van der Waals surface area (Å²) in [6.45, 7) is 4.21. The minimum atomic E-state index is -0.390. The second-order valence-corrected chi connectivity index (χ2v) is 6.24. The fraction of sp³-hybridized carbons (Fsp3) is 0.500. The van der Waals surface area contributed by atoms with Crippen LogP contribution in [0.5, 0.6) is 0 Å². The molecule has 5 heteroatoms. The number of hydrogen-bond acceptors (Lipinski definition) is 2. The Morgan fingerprint density at radius 2 is 2.05 bits per heavy atom. The molecule has 19 heavy (non-hydrogen) atoms. The molecule has 0 spiro atoms. The van der Waals surface area contributed by atoms with Crippen LogP contribution in [0.3, 0.4) is 0 Å². The van der Waals surface area contributed by atoms with E-state index in [1.165, 1.54) is 0 Å². The van der Waals surface area contributed by atoms with Crippen molar-refractivity contribution in [3.63, 3.8) is 0 Å². The van der Waals surface area contributed by atoms with Crippen molar-refractivity contribution in [3.05, 3.63) is 28.9 Å². The van der Waals surface area contributed by atoms with Crippen LogP contribution in [-0.4, -0.2) is 34.6 Å². The maximum atomic E-state index is 14.1. The van der Waals surface area contributed by atoms with Gasteiger partial charge in [0.25, 0.3) is 0 Å². The standard InChI is InChI=1S/C14H15ClFN3/c1-7-4-19(13-8-5-18(2)6-9(8)13)10-3-17-14(15)12(16)11(7)10/h3-4,8-9,13H,5-6H2,1-2H3. The highest BCUT2D eigenvalue weighted by Crippen LogP contribution is 2.56. The lowest BCUT2D eigenvalue weighted by molar-refractivity contribution is 0.345. The van der Waals surface area contributed by atoms with Gasteiger partial charge >= 0.3 is 0 Å². The molecule has 1 aliphatic heterocycles. The van der Waals surface area contributed by atoms with Gasteiger partial charge in [0.15, 0.2) is 11.0 Å². The summed E-state index contributed by atoms with van der Waals surface area (Å²) in [5.74, 6) is 1.02. The van der Waals surface area contributed by atoms with Gasteiger partial charge < -0.3 is 9.47 Å². The van der Waals surface area contributed by atoms with E-state index in [4.69, 9.17) is 11.6 Å². The molecule has 2 aromatic heterocycles. The molecule has 3 nitrogen and oxygen atoms in total. The summed E-state index contributed by atoms with van der Waals surface area (Å²) in [5, 5.41) is 0.586. The summed E-state index contributed by atoms with van der Waals surface area (Å²) in [4.78, 5) is 6.32. The van der Waals surface area contributed by atoms with Crippen LogP contribution >= 0.6 is 11.6 Å². The molecule has 2 atom stereocenters. The zero-order chi connectivity index (χ0) is 13.3. The van der Waals surface area contributed by atoms with Gasteiger partial charge in [0.05, 0.1) is 11.7 Å². The highest BCUT2D eigenvalue weighted by Gasteiger charge is 2.56. The number of fused-ring (bicyclic) bond motifs is 2. The van der Waals surface area contributed by atoms with Crippen molar-refractivity contribution >= 4 is 22.5 Å². The molecule has 0 N–H and O–H groups in total. The van der Waals surface area contributed by atoms with Gasteiger partial charge in [-0.15, -0.1) is 0 Å². The molecule has 2 aromatic rings. The molecule has 2 unspecified atom stereocenters. The molecule has 4 rings (SSSR count). The smallest absolute Gasteiger partial charge is 0.170 e. The molecular formula is C14H15ClFN3. The van der Waals surface area contributed by atoms with E-state index in [1.807, 2.05) is 6.92 Å². The lowest BCUT2D eigenvalue weighted by Crippen LogP contribution is -2.20. The average Bonchev–Trinajstić information content (AvgIpc) is 2.72. The Bertz CT molecular complexity index is 669.